The molecule has 2 N–H and O–H groups in total. The van der Waals surface area contributed by atoms with Crippen molar-refractivity contribution in [1.82, 2.24) is 20.4 Å². The number of hydrogen-bond donors (Lipinski definition) is 2. The Morgan fingerprint density at radius 3 is 3.05 bits per heavy atom. The Labute approximate surface area is 110 Å². The zero-order valence-corrected chi connectivity index (χ0v) is 10.4. The first kappa shape index (κ1) is 13.1. The summed E-state index contributed by atoms with van der Waals surface area (Å²) in [6.07, 6.45) is 0.680. The van der Waals surface area contributed by atoms with Crippen molar-refractivity contribution in [3.63, 3.8) is 0 Å². The van der Waals surface area contributed by atoms with E-state index in [1.807, 2.05) is 4.90 Å². The molecule has 0 fully saturated rings. The van der Waals surface area contributed by atoms with Gasteiger partial charge in [-0.1, -0.05) is 0 Å². The maximum Gasteiger partial charge on any atom is 0.234 e. The molecule has 1 aromatic rings. The molecule has 0 bridgehead atoms. The molecule has 1 aromatic heterocycles. The maximum atomic E-state index is 11.2. The molecule has 98 valence electrons. The molecule has 0 saturated carbocycles. The van der Waals surface area contributed by atoms with E-state index in [9.17, 15) is 4.79 Å². The van der Waals surface area contributed by atoms with Gasteiger partial charge in [-0.2, -0.15) is 15.6 Å². The predicted octanol–water partition coefficient (Wildman–Crippen LogP) is -0.179. The average Bonchev–Trinajstić information content (AvgIpc) is 2.79. The van der Waals surface area contributed by atoms with Crippen LogP contribution in [0.3, 0.4) is 0 Å². The van der Waals surface area contributed by atoms with Crippen molar-refractivity contribution in [3.05, 3.63) is 17.0 Å². The summed E-state index contributed by atoms with van der Waals surface area (Å²) in [7, 11) is 0. The molecule has 1 aliphatic heterocycles. The van der Waals surface area contributed by atoms with E-state index >= 15 is 0 Å². The molecule has 1 aliphatic rings. The van der Waals surface area contributed by atoms with Crippen molar-refractivity contribution in [2.24, 2.45) is 0 Å². The first-order chi connectivity index (χ1) is 9.24. The number of H-pyrrole nitrogens is 1. The number of carbonyl (C=O) groups is 1. The van der Waals surface area contributed by atoms with E-state index in [1.165, 1.54) is 0 Å². The lowest BCUT2D eigenvalue weighted by Crippen LogP contribution is -2.31. The SMILES string of the molecule is N#CCC(=O)NCc1n[nH]c2c1CCN(CC#N)C2. The fourth-order valence-corrected chi connectivity index (χ4v) is 2.14. The van der Waals surface area contributed by atoms with E-state index in [1.54, 1.807) is 6.07 Å². The second-order valence-corrected chi connectivity index (χ2v) is 4.36. The summed E-state index contributed by atoms with van der Waals surface area (Å²) in [6.45, 7) is 2.25. The van der Waals surface area contributed by atoms with E-state index < -0.39 is 0 Å². The van der Waals surface area contributed by atoms with E-state index in [2.05, 4.69) is 21.6 Å². The summed E-state index contributed by atoms with van der Waals surface area (Å²) in [4.78, 5) is 13.3. The Balaban J connectivity index is 1.97. The average molecular weight is 258 g/mol. The zero-order chi connectivity index (χ0) is 13.7. The maximum absolute atomic E-state index is 11.2. The summed E-state index contributed by atoms with van der Waals surface area (Å²) in [5.74, 6) is -0.291. The first-order valence-corrected chi connectivity index (χ1v) is 6.02. The number of aromatic amines is 1. The van der Waals surface area contributed by atoms with Gasteiger partial charge in [-0.25, -0.2) is 0 Å². The number of aromatic nitrogens is 2. The molecule has 0 radical (unpaired) electrons. The monoisotopic (exact) mass is 258 g/mol. The molecular formula is C12H14N6O. The predicted molar refractivity (Wildman–Crippen MR) is 65.3 cm³/mol. The molecule has 7 heteroatoms. The summed E-state index contributed by atoms with van der Waals surface area (Å²) >= 11 is 0. The van der Waals surface area contributed by atoms with Crippen LogP contribution in [0.1, 0.15) is 23.4 Å². The molecule has 0 atom stereocenters. The van der Waals surface area contributed by atoms with Gasteiger partial charge in [0, 0.05) is 18.7 Å². The van der Waals surface area contributed by atoms with Crippen LogP contribution >= 0.6 is 0 Å². The fraction of sp³-hybridized carbons (Fsp3) is 0.500. The topological polar surface area (TPSA) is 109 Å². The molecular weight excluding hydrogens is 244 g/mol. The van der Waals surface area contributed by atoms with Gasteiger partial charge in [0.1, 0.15) is 6.42 Å². The summed E-state index contributed by atoms with van der Waals surface area (Å²) < 4.78 is 0. The molecule has 0 unspecified atom stereocenters. The third-order valence-corrected chi connectivity index (χ3v) is 3.09. The number of hydrogen-bond acceptors (Lipinski definition) is 5. The van der Waals surface area contributed by atoms with E-state index in [0.29, 0.717) is 19.6 Å². The molecule has 2 heterocycles. The summed E-state index contributed by atoms with van der Waals surface area (Å²) in [6, 6.07) is 3.94. The molecule has 1 amide bonds. The summed E-state index contributed by atoms with van der Waals surface area (Å²) in [5.41, 5.74) is 2.94. The van der Waals surface area contributed by atoms with Crippen LogP contribution in [0, 0.1) is 22.7 Å². The van der Waals surface area contributed by atoms with Crippen LogP contribution in [0.2, 0.25) is 0 Å². The Hall–Kier alpha value is -2.38. The van der Waals surface area contributed by atoms with Crippen molar-refractivity contribution in [2.45, 2.75) is 25.9 Å². The molecule has 7 nitrogen and oxygen atoms in total. The van der Waals surface area contributed by atoms with Crippen molar-refractivity contribution in [2.75, 3.05) is 13.1 Å². The first-order valence-electron chi connectivity index (χ1n) is 6.02. The Morgan fingerprint density at radius 2 is 2.32 bits per heavy atom. The number of rotatable bonds is 4. The van der Waals surface area contributed by atoms with Gasteiger partial charge in [-0.3, -0.25) is 14.8 Å². The van der Waals surface area contributed by atoms with Crippen LogP contribution in [0.4, 0.5) is 0 Å². The normalized spacial score (nSPS) is 14.2. The Kier molecular flexibility index (Phi) is 4.11. The number of nitrogens with one attached hydrogen (secondary N) is 2. The standard InChI is InChI=1S/C12H14N6O/c13-3-1-12(19)15-7-10-9-2-5-18(6-4-14)8-11(9)17-16-10/h1-2,5-8H2,(H,15,19)(H,16,17). The van der Waals surface area contributed by atoms with Crippen molar-refractivity contribution in [3.8, 4) is 12.1 Å². The minimum Gasteiger partial charge on any atom is -0.349 e. The van der Waals surface area contributed by atoms with Gasteiger partial charge in [0.15, 0.2) is 0 Å². The van der Waals surface area contributed by atoms with Crippen LogP contribution in [-0.4, -0.2) is 34.1 Å². The summed E-state index contributed by atoms with van der Waals surface area (Å²) in [5, 5.41) is 26.9. The fourth-order valence-electron chi connectivity index (χ4n) is 2.14. The van der Waals surface area contributed by atoms with Crippen molar-refractivity contribution in [1.29, 1.82) is 10.5 Å². The van der Waals surface area contributed by atoms with E-state index in [0.717, 1.165) is 29.9 Å². The molecule has 0 spiro atoms. The van der Waals surface area contributed by atoms with Gasteiger partial charge < -0.3 is 5.32 Å². The highest BCUT2D eigenvalue weighted by molar-refractivity contribution is 5.77. The lowest BCUT2D eigenvalue weighted by atomic mass is 10.0. The molecule has 0 aliphatic carbocycles. The Bertz CT molecular complexity index is 550. The van der Waals surface area contributed by atoms with E-state index in [4.69, 9.17) is 10.5 Å². The minimum atomic E-state index is -0.291. The lowest BCUT2D eigenvalue weighted by Gasteiger charge is -2.23. The number of fused-ring (bicyclic) bond motifs is 1. The quantitative estimate of drug-likeness (QED) is 0.728. The number of amides is 1. The number of nitrogens with zero attached hydrogens (tertiary/aromatic N) is 4. The highest BCUT2D eigenvalue weighted by Crippen LogP contribution is 2.19. The van der Waals surface area contributed by atoms with Crippen LogP contribution in [0.15, 0.2) is 0 Å². The van der Waals surface area contributed by atoms with Crippen LogP contribution in [0.5, 0.6) is 0 Å². The van der Waals surface area contributed by atoms with E-state index in [-0.39, 0.29) is 12.3 Å². The van der Waals surface area contributed by atoms with Gasteiger partial charge >= 0.3 is 0 Å². The Morgan fingerprint density at radius 1 is 1.47 bits per heavy atom. The lowest BCUT2D eigenvalue weighted by molar-refractivity contribution is -0.120. The largest absolute Gasteiger partial charge is 0.349 e. The van der Waals surface area contributed by atoms with Crippen LogP contribution in [0.25, 0.3) is 0 Å². The second kappa shape index (κ2) is 5.98. The van der Waals surface area contributed by atoms with Crippen molar-refractivity contribution >= 4 is 5.91 Å². The van der Waals surface area contributed by atoms with Crippen LogP contribution < -0.4 is 5.32 Å². The number of carbonyl (C=O) groups excluding carboxylic acids is 1. The third-order valence-electron chi connectivity index (χ3n) is 3.09. The van der Waals surface area contributed by atoms with Gasteiger partial charge in [0.05, 0.1) is 36.6 Å². The van der Waals surface area contributed by atoms with Crippen LogP contribution in [-0.2, 0) is 24.3 Å². The van der Waals surface area contributed by atoms with Crippen molar-refractivity contribution < 1.29 is 4.79 Å². The highest BCUT2D eigenvalue weighted by atomic mass is 16.1. The van der Waals surface area contributed by atoms with Gasteiger partial charge in [0.2, 0.25) is 5.91 Å². The second-order valence-electron chi connectivity index (χ2n) is 4.36. The van der Waals surface area contributed by atoms with Gasteiger partial charge in [-0.05, 0) is 6.42 Å². The minimum absolute atomic E-state index is 0.136. The smallest absolute Gasteiger partial charge is 0.234 e. The third kappa shape index (κ3) is 3.09. The van der Waals surface area contributed by atoms with Gasteiger partial charge in [0.25, 0.3) is 0 Å². The molecule has 0 aromatic carbocycles. The molecule has 2 rings (SSSR count). The molecule has 0 saturated heterocycles. The van der Waals surface area contributed by atoms with Gasteiger partial charge in [-0.15, -0.1) is 0 Å². The zero-order valence-electron chi connectivity index (χ0n) is 10.4. The highest BCUT2D eigenvalue weighted by Gasteiger charge is 2.21. The molecule has 19 heavy (non-hydrogen) atoms. The number of nitriles is 2.